The van der Waals surface area contributed by atoms with Crippen LogP contribution < -0.4 is 15.5 Å². The standard InChI is InChI=1S/C25H35N3O2.C2H6.CH4S/c1-30-18-23-6-3-2-5-22(23)17-28-14-4-7-20-15-21(8-9-24(20)28)25(29)27-16-19-10-12-26-13-11-19;2*1-2/h2-3,5-6,8-9,15,19,25-27,29H,4,7,10-14,16-18H2,1H3;1-2H3;2H,1H3. The number of thiol groups is 1. The van der Waals surface area contributed by atoms with Crippen LogP contribution in [0.5, 0.6) is 0 Å². The molecule has 0 bridgehead atoms. The molecule has 6 heteroatoms. The zero-order valence-corrected chi connectivity index (χ0v) is 22.4. The van der Waals surface area contributed by atoms with Gasteiger partial charge in [-0.1, -0.05) is 44.2 Å². The Bertz CT molecular complexity index is 827. The summed E-state index contributed by atoms with van der Waals surface area (Å²) < 4.78 is 5.38. The summed E-state index contributed by atoms with van der Waals surface area (Å²) in [5.74, 6) is 0.654. The monoisotopic (exact) mass is 487 g/mol. The van der Waals surface area contributed by atoms with Gasteiger partial charge < -0.3 is 20.1 Å². The molecule has 1 unspecified atom stereocenters. The van der Waals surface area contributed by atoms with Crippen molar-refractivity contribution in [3.8, 4) is 0 Å². The SMILES string of the molecule is CC.COCc1ccccc1CN1CCCc2cc(C(O)NCC3CCNCC3)ccc21.CS. The van der Waals surface area contributed by atoms with Gasteiger partial charge >= 0.3 is 0 Å². The largest absolute Gasteiger partial charge is 0.380 e. The third kappa shape index (κ3) is 8.28. The molecule has 190 valence electrons. The molecule has 2 heterocycles. The normalized spacial score (nSPS) is 16.5. The minimum atomic E-state index is -0.594. The zero-order valence-electron chi connectivity index (χ0n) is 21.5. The summed E-state index contributed by atoms with van der Waals surface area (Å²) in [4.78, 5) is 2.46. The van der Waals surface area contributed by atoms with E-state index in [9.17, 15) is 5.11 Å². The van der Waals surface area contributed by atoms with E-state index in [0.717, 1.165) is 51.1 Å². The van der Waals surface area contributed by atoms with Crippen molar-refractivity contribution in [1.82, 2.24) is 10.6 Å². The smallest absolute Gasteiger partial charge is 0.131 e. The Balaban J connectivity index is 0.000000970. The van der Waals surface area contributed by atoms with Crippen LogP contribution in [0.15, 0.2) is 42.5 Å². The van der Waals surface area contributed by atoms with E-state index in [1.807, 2.05) is 13.8 Å². The number of fused-ring (bicyclic) bond motifs is 1. The Morgan fingerprint density at radius 1 is 1.12 bits per heavy atom. The van der Waals surface area contributed by atoms with Crippen molar-refractivity contribution >= 4 is 18.3 Å². The Morgan fingerprint density at radius 3 is 2.53 bits per heavy atom. The molecule has 2 aromatic rings. The third-order valence-electron chi connectivity index (χ3n) is 6.47. The van der Waals surface area contributed by atoms with Crippen molar-refractivity contribution in [1.29, 1.82) is 0 Å². The summed E-state index contributed by atoms with van der Waals surface area (Å²) in [6.07, 6.45) is 5.68. The summed E-state index contributed by atoms with van der Waals surface area (Å²) in [5, 5.41) is 17.4. The van der Waals surface area contributed by atoms with E-state index in [4.69, 9.17) is 4.74 Å². The number of nitrogens with one attached hydrogen (secondary N) is 2. The van der Waals surface area contributed by atoms with Crippen LogP contribution in [0.2, 0.25) is 0 Å². The van der Waals surface area contributed by atoms with Crippen molar-refractivity contribution in [3.05, 3.63) is 64.7 Å². The predicted octanol–water partition coefficient (Wildman–Crippen LogP) is 4.94. The third-order valence-corrected chi connectivity index (χ3v) is 6.47. The quantitative estimate of drug-likeness (QED) is 0.314. The first-order valence-corrected chi connectivity index (χ1v) is 13.6. The van der Waals surface area contributed by atoms with Gasteiger partial charge in [0.1, 0.15) is 6.23 Å². The number of piperidine rings is 1. The zero-order chi connectivity index (χ0) is 24.8. The molecule has 0 aromatic heterocycles. The van der Waals surface area contributed by atoms with Gasteiger partial charge in [-0.05, 0) is 85.3 Å². The van der Waals surface area contributed by atoms with Crippen LogP contribution in [0.25, 0.3) is 0 Å². The van der Waals surface area contributed by atoms with Crippen LogP contribution in [-0.2, 0) is 24.3 Å². The highest BCUT2D eigenvalue weighted by Crippen LogP contribution is 2.31. The van der Waals surface area contributed by atoms with Gasteiger partial charge in [0, 0.05) is 32.4 Å². The number of ether oxygens (including phenoxy) is 1. The molecule has 5 nitrogen and oxygen atoms in total. The van der Waals surface area contributed by atoms with Gasteiger partial charge in [-0.15, -0.1) is 0 Å². The average Bonchev–Trinajstić information content (AvgIpc) is 2.91. The molecule has 0 amide bonds. The topological polar surface area (TPSA) is 56.8 Å². The molecule has 1 atom stereocenters. The van der Waals surface area contributed by atoms with Gasteiger partial charge in [0.15, 0.2) is 0 Å². The Labute approximate surface area is 212 Å². The molecule has 3 N–H and O–H groups in total. The van der Waals surface area contributed by atoms with Gasteiger partial charge in [-0.3, -0.25) is 5.32 Å². The number of aryl methyl sites for hydroxylation is 1. The fraction of sp³-hybridized carbons (Fsp3) is 0.571. The van der Waals surface area contributed by atoms with Crippen LogP contribution in [0, 0.1) is 5.92 Å². The number of aliphatic hydroxyl groups is 1. The Hall–Kier alpha value is -1.57. The highest BCUT2D eigenvalue weighted by molar-refractivity contribution is 7.79. The molecule has 0 aliphatic carbocycles. The molecule has 2 aliphatic heterocycles. The first-order valence-electron chi connectivity index (χ1n) is 12.7. The lowest BCUT2D eigenvalue weighted by Crippen LogP contribution is -2.35. The van der Waals surface area contributed by atoms with Crippen LogP contribution in [-0.4, -0.2) is 44.7 Å². The number of hydrogen-bond donors (Lipinski definition) is 4. The number of aliphatic hydroxyl groups excluding tert-OH is 1. The lowest BCUT2D eigenvalue weighted by atomic mass is 9.96. The van der Waals surface area contributed by atoms with Crippen LogP contribution in [0.4, 0.5) is 5.69 Å². The second kappa shape index (κ2) is 16.2. The van der Waals surface area contributed by atoms with Crippen LogP contribution >= 0.6 is 12.6 Å². The molecule has 0 spiro atoms. The molecule has 1 fully saturated rings. The van der Waals surface area contributed by atoms with Crippen molar-refractivity contribution in [2.75, 3.05) is 44.4 Å². The number of hydrogen-bond acceptors (Lipinski definition) is 6. The molecular formula is C28H45N3O2S. The molecule has 4 rings (SSSR count). The summed E-state index contributed by atoms with van der Waals surface area (Å²) in [5.41, 5.74) is 6.18. The second-order valence-electron chi connectivity index (χ2n) is 8.62. The molecule has 2 aliphatic rings. The average molecular weight is 488 g/mol. The Kier molecular flexibility index (Phi) is 13.6. The van der Waals surface area contributed by atoms with Crippen molar-refractivity contribution in [3.63, 3.8) is 0 Å². The molecular weight excluding hydrogens is 442 g/mol. The lowest BCUT2D eigenvalue weighted by molar-refractivity contribution is 0.129. The fourth-order valence-corrected chi connectivity index (χ4v) is 4.72. The number of benzene rings is 2. The minimum absolute atomic E-state index is 0.594. The van der Waals surface area contributed by atoms with Crippen LogP contribution in [0.1, 0.15) is 61.6 Å². The van der Waals surface area contributed by atoms with Gasteiger partial charge in [0.2, 0.25) is 0 Å². The number of anilines is 1. The number of nitrogens with zero attached hydrogens (tertiary/aromatic N) is 1. The second-order valence-corrected chi connectivity index (χ2v) is 8.62. The van der Waals surface area contributed by atoms with Crippen molar-refractivity contribution in [2.45, 2.75) is 58.9 Å². The fourth-order valence-electron chi connectivity index (χ4n) is 4.72. The van der Waals surface area contributed by atoms with Gasteiger partial charge in [-0.25, -0.2) is 0 Å². The molecule has 0 radical (unpaired) electrons. The number of methoxy groups -OCH3 is 1. The van der Waals surface area contributed by atoms with E-state index in [1.165, 1.54) is 35.2 Å². The highest BCUT2D eigenvalue weighted by atomic mass is 32.1. The van der Waals surface area contributed by atoms with Crippen molar-refractivity contribution in [2.24, 2.45) is 5.92 Å². The predicted molar refractivity (Wildman–Crippen MR) is 148 cm³/mol. The van der Waals surface area contributed by atoms with Gasteiger partial charge in [0.05, 0.1) is 6.61 Å². The van der Waals surface area contributed by atoms with E-state index in [0.29, 0.717) is 12.5 Å². The minimum Gasteiger partial charge on any atom is -0.380 e. The van der Waals surface area contributed by atoms with E-state index < -0.39 is 6.23 Å². The van der Waals surface area contributed by atoms with Crippen LogP contribution in [0.3, 0.4) is 0 Å². The molecule has 34 heavy (non-hydrogen) atoms. The van der Waals surface area contributed by atoms with E-state index in [1.54, 1.807) is 13.4 Å². The Morgan fingerprint density at radius 2 is 1.82 bits per heavy atom. The lowest BCUT2D eigenvalue weighted by Gasteiger charge is -2.33. The summed E-state index contributed by atoms with van der Waals surface area (Å²) in [6.45, 7) is 9.65. The molecule has 2 aromatic carbocycles. The maximum Gasteiger partial charge on any atom is 0.131 e. The molecule has 1 saturated heterocycles. The van der Waals surface area contributed by atoms with E-state index in [-0.39, 0.29) is 0 Å². The number of rotatable bonds is 8. The van der Waals surface area contributed by atoms with E-state index in [2.05, 4.69) is 70.6 Å². The first-order chi connectivity index (χ1) is 16.7. The maximum atomic E-state index is 10.7. The maximum absolute atomic E-state index is 10.7. The highest BCUT2D eigenvalue weighted by Gasteiger charge is 2.20. The summed E-state index contributed by atoms with van der Waals surface area (Å²) >= 11 is 3.53. The summed E-state index contributed by atoms with van der Waals surface area (Å²) in [6, 6.07) is 15.0. The van der Waals surface area contributed by atoms with E-state index >= 15 is 0 Å². The van der Waals surface area contributed by atoms with Crippen molar-refractivity contribution < 1.29 is 9.84 Å². The summed E-state index contributed by atoms with van der Waals surface area (Å²) in [7, 11) is 1.75. The first kappa shape index (κ1) is 28.7. The molecule has 0 saturated carbocycles. The van der Waals surface area contributed by atoms with Gasteiger partial charge in [0.25, 0.3) is 0 Å². The van der Waals surface area contributed by atoms with Gasteiger partial charge in [-0.2, -0.15) is 12.6 Å².